The van der Waals surface area contributed by atoms with Crippen LogP contribution in [0.1, 0.15) is 59.5 Å². The van der Waals surface area contributed by atoms with Crippen LogP contribution in [0.4, 0.5) is 0 Å². The fraction of sp³-hybridized carbons (Fsp3) is 0.424. The van der Waals surface area contributed by atoms with Crippen LogP contribution < -0.4 is 14.2 Å². The topological polar surface area (TPSA) is 108 Å². The molecule has 4 aromatic rings. The number of aromatic carboxylic acids is 1. The maximum atomic E-state index is 11.9. The number of hydrogen-bond donors (Lipinski definition) is 1. The van der Waals surface area contributed by atoms with Crippen molar-refractivity contribution in [3.05, 3.63) is 76.2 Å². The number of aromatic nitrogens is 3. The molecule has 0 radical (unpaired) electrons. The van der Waals surface area contributed by atoms with Crippen LogP contribution in [0.25, 0.3) is 11.0 Å². The molecular formula is C33H37ClN4O6. The van der Waals surface area contributed by atoms with Gasteiger partial charge in [-0.25, -0.2) is 14.8 Å². The third-order valence-electron chi connectivity index (χ3n) is 8.37. The number of carbonyl (C=O) groups is 1. The van der Waals surface area contributed by atoms with Crippen molar-refractivity contribution in [3.63, 3.8) is 0 Å². The van der Waals surface area contributed by atoms with E-state index in [2.05, 4.69) is 15.5 Å². The van der Waals surface area contributed by atoms with E-state index in [9.17, 15) is 9.90 Å². The first-order valence-corrected chi connectivity index (χ1v) is 15.4. The summed E-state index contributed by atoms with van der Waals surface area (Å²) in [5, 5.41) is 10.4. The summed E-state index contributed by atoms with van der Waals surface area (Å²) in [5.41, 5.74) is 3.58. The van der Waals surface area contributed by atoms with Crippen LogP contribution in [0, 0.1) is 0 Å². The van der Waals surface area contributed by atoms with Crippen LogP contribution in [0.15, 0.2) is 48.5 Å². The zero-order valence-electron chi connectivity index (χ0n) is 25.0. The molecule has 232 valence electrons. The van der Waals surface area contributed by atoms with Crippen molar-refractivity contribution in [2.24, 2.45) is 0 Å². The van der Waals surface area contributed by atoms with Crippen LogP contribution in [-0.2, 0) is 24.4 Å². The fourth-order valence-corrected chi connectivity index (χ4v) is 6.06. The maximum absolute atomic E-state index is 11.9. The number of fused-ring (bicyclic) bond motifs is 1. The van der Waals surface area contributed by atoms with Crippen LogP contribution in [-0.4, -0.2) is 70.0 Å². The summed E-state index contributed by atoms with van der Waals surface area (Å²) >= 11 is 6.09. The number of carboxylic acid groups (broad SMARTS) is 1. The van der Waals surface area contributed by atoms with E-state index in [0.29, 0.717) is 60.1 Å². The molecule has 0 bridgehead atoms. The van der Waals surface area contributed by atoms with E-state index in [-0.39, 0.29) is 11.7 Å². The number of benzene rings is 2. The molecule has 0 amide bonds. The first kappa shape index (κ1) is 30.2. The lowest BCUT2D eigenvalue weighted by Gasteiger charge is -2.32. The lowest BCUT2D eigenvalue weighted by molar-refractivity contribution is -0.0592. The molecule has 10 nitrogen and oxygen atoms in total. The first-order chi connectivity index (χ1) is 21.4. The van der Waals surface area contributed by atoms with Crippen LogP contribution in [0.3, 0.4) is 0 Å². The van der Waals surface area contributed by atoms with Crippen molar-refractivity contribution < 1.29 is 28.8 Å². The number of likely N-dealkylation sites (tertiary alicyclic amines) is 1. The molecule has 2 aliphatic rings. The largest absolute Gasteiger partial charge is 0.496 e. The third-order valence-corrected chi connectivity index (χ3v) is 8.60. The van der Waals surface area contributed by atoms with E-state index < -0.39 is 5.97 Å². The minimum atomic E-state index is -0.989. The van der Waals surface area contributed by atoms with Crippen molar-refractivity contribution in [2.45, 2.75) is 57.9 Å². The number of methoxy groups -OCH3 is 1. The Morgan fingerprint density at radius 1 is 1.07 bits per heavy atom. The van der Waals surface area contributed by atoms with Gasteiger partial charge in [-0.2, -0.15) is 0 Å². The molecule has 11 heteroatoms. The molecule has 2 aromatic carbocycles. The first-order valence-electron chi connectivity index (χ1n) is 15.1. The van der Waals surface area contributed by atoms with E-state index in [1.54, 1.807) is 25.3 Å². The molecule has 6 rings (SSSR count). The fourth-order valence-electron chi connectivity index (χ4n) is 5.90. The summed E-state index contributed by atoms with van der Waals surface area (Å²) in [6, 6.07) is 14.7. The van der Waals surface area contributed by atoms with Gasteiger partial charge in [0.15, 0.2) is 0 Å². The zero-order chi connectivity index (χ0) is 30.6. The van der Waals surface area contributed by atoms with Gasteiger partial charge in [0.1, 0.15) is 29.4 Å². The lowest BCUT2D eigenvalue weighted by Crippen LogP contribution is -2.35. The number of imidazole rings is 1. The van der Waals surface area contributed by atoms with Crippen molar-refractivity contribution >= 4 is 28.6 Å². The Morgan fingerprint density at radius 3 is 2.59 bits per heavy atom. The van der Waals surface area contributed by atoms with E-state index in [0.717, 1.165) is 61.6 Å². The van der Waals surface area contributed by atoms with Crippen molar-refractivity contribution in [1.82, 2.24) is 19.4 Å². The molecule has 1 N–H and O–H groups in total. The molecule has 2 aromatic heterocycles. The normalized spacial score (nSPS) is 17.4. The third kappa shape index (κ3) is 6.62. The predicted molar refractivity (Wildman–Crippen MR) is 166 cm³/mol. The number of rotatable bonds is 12. The van der Waals surface area contributed by atoms with Gasteiger partial charge < -0.3 is 28.6 Å². The van der Waals surface area contributed by atoms with Gasteiger partial charge in [0.05, 0.1) is 44.0 Å². The molecule has 1 atom stereocenters. The second-order valence-corrected chi connectivity index (χ2v) is 11.6. The molecule has 4 heterocycles. The van der Waals surface area contributed by atoms with Gasteiger partial charge in [0.25, 0.3) is 0 Å². The van der Waals surface area contributed by atoms with Gasteiger partial charge in [-0.05, 0) is 69.6 Å². The standard InChI is InChI=1S/C33H37ClN4O6/c1-3-42-29-16-23(33(39)40)15-27-32(29)36-30(38(27)18-25-11-14-43-25)19-37-12-9-21(10-13-37)26-5-4-6-31(35-26)44-20-22-7-8-24(34)17-28(22)41-2/h4-8,15-17,21,25H,3,9-14,18-20H2,1-2H3,(H,39,40)/t25-/m0/s1. The average Bonchev–Trinajstić information content (AvgIpc) is 3.35. The Kier molecular flexibility index (Phi) is 9.20. The molecular weight excluding hydrogens is 584 g/mol. The van der Waals surface area contributed by atoms with Gasteiger partial charge >= 0.3 is 5.97 Å². The van der Waals surface area contributed by atoms with Crippen LogP contribution in [0.5, 0.6) is 17.4 Å². The lowest BCUT2D eigenvalue weighted by atomic mass is 9.93. The summed E-state index contributed by atoms with van der Waals surface area (Å²) in [4.78, 5) is 24.1. The number of ether oxygens (including phenoxy) is 4. The summed E-state index contributed by atoms with van der Waals surface area (Å²) in [6.07, 6.45) is 2.99. The zero-order valence-corrected chi connectivity index (χ0v) is 25.8. The molecule has 44 heavy (non-hydrogen) atoms. The Balaban J connectivity index is 1.14. The van der Waals surface area contributed by atoms with Crippen LogP contribution in [0.2, 0.25) is 5.02 Å². The molecule has 2 fully saturated rings. The number of piperidine rings is 1. The Bertz CT molecular complexity index is 1630. The molecule has 0 unspecified atom stereocenters. The summed E-state index contributed by atoms with van der Waals surface area (Å²) in [6.45, 7) is 6.47. The SMILES string of the molecule is CCOc1cc(C(=O)O)cc2c1nc(CN1CCC(c3cccc(OCc4ccc(Cl)cc4OC)n3)CC1)n2C[C@@H]1CCO1. The molecule has 0 saturated carbocycles. The van der Waals surface area contributed by atoms with Crippen molar-refractivity contribution in [2.75, 3.05) is 33.4 Å². The van der Waals surface area contributed by atoms with Crippen molar-refractivity contribution in [3.8, 4) is 17.4 Å². The minimum absolute atomic E-state index is 0.0993. The van der Waals surface area contributed by atoms with E-state index in [1.165, 1.54) is 0 Å². The highest BCUT2D eigenvalue weighted by atomic mass is 35.5. The molecule has 2 aliphatic heterocycles. The minimum Gasteiger partial charge on any atom is -0.496 e. The Labute approximate surface area is 261 Å². The quantitative estimate of drug-likeness (QED) is 0.206. The number of halogens is 1. The molecule has 0 aliphatic carbocycles. The highest BCUT2D eigenvalue weighted by Crippen LogP contribution is 2.33. The van der Waals surface area contributed by atoms with Gasteiger partial charge in [0.2, 0.25) is 5.88 Å². The summed E-state index contributed by atoms with van der Waals surface area (Å²) in [7, 11) is 1.62. The van der Waals surface area contributed by atoms with Gasteiger partial charge in [-0.1, -0.05) is 23.7 Å². The number of hydrogen-bond acceptors (Lipinski definition) is 8. The van der Waals surface area contributed by atoms with Gasteiger partial charge in [-0.15, -0.1) is 0 Å². The number of nitrogens with zero attached hydrogens (tertiary/aromatic N) is 4. The number of carboxylic acids is 1. The van der Waals surface area contributed by atoms with E-state index in [1.807, 2.05) is 31.2 Å². The Hall–Kier alpha value is -3.86. The molecule has 2 saturated heterocycles. The van der Waals surface area contributed by atoms with Crippen molar-refractivity contribution in [1.29, 1.82) is 0 Å². The second kappa shape index (κ2) is 13.4. The van der Waals surface area contributed by atoms with Crippen LogP contribution >= 0.6 is 11.6 Å². The smallest absolute Gasteiger partial charge is 0.335 e. The molecule has 0 spiro atoms. The number of pyridine rings is 1. The van der Waals surface area contributed by atoms with E-state index in [4.69, 9.17) is 40.5 Å². The van der Waals surface area contributed by atoms with E-state index >= 15 is 0 Å². The highest BCUT2D eigenvalue weighted by molar-refractivity contribution is 6.30. The second-order valence-electron chi connectivity index (χ2n) is 11.2. The summed E-state index contributed by atoms with van der Waals surface area (Å²) < 4.78 is 25.2. The predicted octanol–water partition coefficient (Wildman–Crippen LogP) is 5.94. The monoisotopic (exact) mass is 620 g/mol. The highest BCUT2D eigenvalue weighted by Gasteiger charge is 2.27. The van der Waals surface area contributed by atoms with Gasteiger partial charge in [0, 0.05) is 34.9 Å². The van der Waals surface area contributed by atoms with Gasteiger partial charge in [-0.3, -0.25) is 4.90 Å². The maximum Gasteiger partial charge on any atom is 0.335 e. The average molecular weight is 621 g/mol. The summed E-state index contributed by atoms with van der Waals surface area (Å²) in [5.74, 6) is 1.99. The Morgan fingerprint density at radius 2 is 1.89 bits per heavy atom.